The maximum atomic E-state index is 12.1. The fourth-order valence-electron chi connectivity index (χ4n) is 1.73. The first-order valence-corrected chi connectivity index (χ1v) is 8.22. The molecule has 0 spiro atoms. The Morgan fingerprint density at radius 2 is 0.806 bits per heavy atom. The van der Waals surface area contributed by atoms with Gasteiger partial charge in [0, 0.05) is 24.3 Å². The van der Waals surface area contributed by atoms with Crippen molar-refractivity contribution in [2.75, 3.05) is 0 Å². The van der Waals surface area contributed by atoms with Gasteiger partial charge in [-0.25, -0.2) is 41.8 Å². The summed E-state index contributed by atoms with van der Waals surface area (Å²) >= 11 is 0. The van der Waals surface area contributed by atoms with Crippen molar-refractivity contribution in [3.05, 3.63) is 120 Å². The first-order valence-electron chi connectivity index (χ1n) is 8.22. The predicted molar refractivity (Wildman–Crippen MR) is 100 cm³/mol. The van der Waals surface area contributed by atoms with Gasteiger partial charge in [-0.1, -0.05) is 0 Å². The van der Waals surface area contributed by atoms with Gasteiger partial charge in [-0.3, -0.25) is 0 Å². The number of phenols is 2. The predicted octanol–water partition coefficient (Wildman–Crippen LogP) is 6.43. The van der Waals surface area contributed by atoms with Crippen LogP contribution in [0.1, 0.15) is 0 Å². The van der Waals surface area contributed by atoms with Gasteiger partial charge in [0.1, 0.15) is 11.6 Å². The topological polar surface area (TPSA) is 40.5 Å². The Morgan fingerprint density at radius 1 is 0.516 bits per heavy atom. The average molecular weight is 518 g/mol. The molecule has 0 aliphatic carbocycles. The molecule has 31 heavy (non-hydrogen) atoms. The van der Waals surface area contributed by atoms with Crippen molar-refractivity contribution in [1.82, 2.24) is 0 Å². The fourth-order valence-corrected chi connectivity index (χ4v) is 1.73. The molecule has 0 aliphatic heterocycles. The minimum Gasteiger partial charge on any atom is -0.505 e. The quantitative estimate of drug-likeness (QED) is 0.160. The molecule has 0 unspecified atom stereocenters. The van der Waals surface area contributed by atoms with Gasteiger partial charge in [0.2, 0.25) is 11.6 Å². The minimum atomic E-state index is -1.43. The zero-order valence-corrected chi connectivity index (χ0v) is 18.2. The van der Waals surface area contributed by atoms with Gasteiger partial charge in [0.05, 0.1) is 0 Å². The minimum absolute atomic E-state index is 0. The van der Waals surface area contributed by atoms with Crippen molar-refractivity contribution in [2.24, 2.45) is 0 Å². The standard InChI is InChI=1S/2C6H3F3O.2C5H5.Zr/c2*7-3-1-4(8)6(9)5(10)2-3;2*1-2-4-5-3-1;/h2*1-2,10H;2*1-5H;/q;;2*-1;+2. The summed E-state index contributed by atoms with van der Waals surface area (Å²) in [4.78, 5) is 0. The average Bonchev–Trinajstić information content (AvgIpc) is 3.43. The summed E-state index contributed by atoms with van der Waals surface area (Å²) in [7, 11) is 0. The van der Waals surface area contributed by atoms with E-state index in [0.717, 1.165) is 0 Å². The van der Waals surface area contributed by atoms with Crippen LogP contribution in [-0.4, -0.2) is 10.2 Å². The van der Waals surface area contributed by atoms with Gasteiger partial charge in [-0.05, 0) is 0 Å². The van der Waals surface area contributed by atoms with Gasteiger partial charge in [0.15, 0.2) is 23.1 Å². The molecule has 0 saturated carbocycles. The first kappa shape index (κ1) is 28.2. The molecule has 0 atom stereocenters. The summed E-state index contributed by atoms with van der Waals surface area (Å²) in [6, 6.07) is 21.7. The van der Waals surface area contributed by atoms with Crippen LogP contribution in [0.15, 0.2) is 84.9 Å². The third-order valence-electron chi connectivity index (χ3n) is 3.06. The molecule has 2 N–H and O–H groups in total. The van der Waals surface area contributed by atoms with Crippen molar-refractivity contribution in [3.63, 3.8) is 0 Å². The van der Waals surface area contributed by atoms with E-state index in [-0.39, 0.29) is 26.2 Å². The van der Waals surface area contributed by atoms with E-state index in [4.69, 9.17) is 10.2 Å². The van der Waals surface area contributed by atoms with E-state index < -0.39 is 46.4 Å². The Labute approximate surface area is 193 Å². The number of hydrogen-bond acceptors (Lipinski definition) is 2. The normalized spacial score (nSPS) is 8.97. The maximum absolute atomic E-state index is 12.1. The Bertz CT molecular complexity index is 827. The molecular weight excluding hydrogens is 501 g/mol. The van der Waals surface area contributed by atoms with Crippen LogP contribution in [0.5, 0.6) is 11.5 Å². The summed E-state index contributed by atoms with van der Waals surface area (Å²) in [5.74, 6) is -9.68. The van der Waals surface area contributed by atoms with E-state index in [0.29, 0.717) is 24.3 Å². The van der Waals surface area contributed by atoms with Crippen LogP contribution in [0.25, 0.3) is 0 Å². The van der Waals surface area contributed by atoms with Crippen LogP contribution in [0.3, 0.4) is 0 Å². The molecule has 0 aromatic heterocycles. The zero-order valence-electron chi connectivity index (χ0n) is 15.7. The zero-order chi connectivity index (χ0) is 22.5. The Morgan fingerprint density at radius 3 is 1.00 bits per heavy atom. The van der Waals surface area contributed by atoms with Gasteiger partial charge >= 0.3 is 26.2 Å². The molecular formula is C22H16F6O2Zr. The molecule has 4 rings (SSSR count). The van der Waals surface area contributed by atoms with Gasteiger partial charge in [-0.2, -0.15) is 45.2 Å². The number of phenolic OH excluding ortho intramolecular Hbond substituents is 2. The molecule has 4 aromatic rings. The molecule has 0 fully saturated rings. The van der Waals surface area contributed by atoms with Crippen molar-refractivity contribution >= 4 is 0 Å². The summed E-state index contributed by atoms with van der Waals surface area (Å²) < 4.78 is 72.5. The van der Waals surface area contributed by atoms with Crippen LogP contribution in [0.4, 0.5) is 26.3 Å². The Balaban J connectivity index is 0.000000401. The molecule has 0 saturated heterocycles. The van der Waals surface area contributed by atoms with E-state index in [1.807, 2.05) is 60.7 Å². The first-order chi connectivity index (χ1) is 14.2. The number of aromatic hydroxyl groups is 2. The van der Waals surface area contributed by atoms with Crippen LogP contribution >= 0.6 is 0 Å². The molecule has 0 aliphatic rings. The molecule has 0 bridgehead atoms. The number of hydrogen-bond donors (Lipinski definition) is 2. The Kier molecular flexibility index (Phi) is 13.7. The van der Waals surface area contributed by atoms with E-state index in [2.05, 4.69) is 0 Å². The molecule has 162 valence electrons. The van der Waals surface area contributed by atoms with E-state index in [1.165, 1.54) is 0 Å². The van der Waals surface area contributed by atoms with Crippen molar-refractivity contribution in [3.8, 4) is 11.5 Å². The second kappa shape index (κ2) is 15.1. The van der Waals surface area contributed by atoms with Crippen molar-refractivity contribution in [1.29, 1.82) is 0 Å². The maximum Gasteiger partial charge on any atom is 2.00 e. The second-order valence-corrected chi connectivity index (χ2v) is 5.37. The molecule has 0 heterocycles. The third-order valence-corrected chi connectivity index (χ3v) is 3.06. The third kappa shape index (κ3) is 11.2. The van der Waals surface area contributed by atoms with Crippen molar-refractivity contribution < 1.29 is 62.8 Å². The van der Waals surface area contributed by atoms with E-state index >= 15 is 0 Å². The Hall–Kier alpha value is -2.80. The molecule has 0 amide bonds. The van der Waals surface area contributed by atoms with E-state index in [9.17, 15) is 26.3 Å². The van der Waals surface area contributed by atoms with Crippen LogP contribution in [0, 0.1) is 34.9 Å². The van der Waals surface area contributed by atoms with Gasteiger partial charge < -0.3 is 10.2 Å². The SMILES string of the molecule is Oc1cc(F)cc(F)c1F.Oc1cc(F)cc(F)c1F.[Zr+2].c1cc[cH-]c1.c1cc[cH-]c1. The smallest absolute Gasteiger partial charge is 0.505 e. The van der Waals surface area contributed by atoms with Gasteiger partial charge in [-0.15, -0.1) is 0 Å². The summed E-state index contributed by atoms with van der Waals surface area (Å²) in [5.41, 5.74) is 0. The van der Waals surface area contributed by atoms with E-state index in [1.54, 1.807) is 0 Å². The largest absolute Gasteiger partial charge is 2.00 e. The van der Waals surface area contributed by atoms with Crippen molar-refractivity contribution in [2.45, 2.75) is 0 Å². The van der Waals surface area contributed by atoms with Crippen LogP contribution in [-0.2, 0) is 26.2 Å². The summed E-state index contributed by atoms with van der Waals surface area (Å²) in [6.45, 7) is 0. The fraction of sp³-hybridized carbons (Fsp3) is 0. The van der Waals surface area contributed by atoms with Gasteiger partial charge in [0.25, 0.3) is 0 Å². The summed E-state index contributed by atoms with van der Waals surface area (Å²) in [5, 5.41) is 16.9. The number of halogens is 6. The molecule has 9 heteroatoms. The number of benzene rings is 2. The van der Waals surface area contributed by atoms with Crippen LogP contribution in [0.2, 0.25) is 0 Å². The number of rotatable bonds is 0. The monoisotopic (exact) mass is 516 g/mol. The second-order valence-electron chi connectivity index (χ2n) is 5.37. The molecule has 0 radical (unpaired) electrons. The molecule has 4 aromatic carbocycles. The molecule has 2 nitrogen and oxygen atoms in total. The van der Waals surface area contributed by atoms with Crippen LogP contribution < -0.4 is 0 Å². The summed E-state index contributed by atoms with van der Waals surface area (Å²) in [6.07, 6.45) is 0.